The van der Waals surface area contributed by atoms with E-state index in [2.05, 4.69) is 12.2 Å². The fourth-order valence-corrected chi connectivity index (χ4v) is 4.48. The summed E-state index contributed by atoms with van der Waals surface area (Å²) in [5, 5.41) is 3.50. The molecule has 5 heteroatoms. The van der Waals surface area contributed by atoms with Crippen LogP contribution in [0.3, 0.4) is 0 Å². The van der Waals surface area contributed by atoms with Gasteiger partial charge in [0.2, 0.25) is 5.91 Å². The van der Waals surface area contributed by atoms with Gasteiger partial charge in [-0.1, -0.05) is 37.3 Å². The van der Waals surface area contributed by atoms with E-state index in [-0.39, 0.29) is 12.3 Å². The quantitative estimate of drug-likeness (QED) is 0.905. The fourth-order valence-electron chi connectivity index (χ4n) is 3.05. The van der Waals surface area contributed by atoms with Crippen LogP contribution < -0.4 is 11.1 Å². The van der Waals surface area contributed by atoms with Crippen molar-refractivity contribution in [3.8, 4) is 0 Å². The van der Waals surface area contributed by atoms with Gasteiger partial charge in [-0.3, -0.25) is 9.59 Å². The van der Waals surface area contributed by atoms with E-state index in [1.54, 1.807) is 0 Å². The molecule has 2 amide bonds. The van der Waals surface area contributed by atoms with Gasteiger partial charge in [0.05, 0.1) is 12.0 Å². The zero-order chi connectivity index (χ0) is 16.4. The van der Waals surface area contributed by atoms with Gasteiger partial charge in [0.15, 0.2) is 0 Å². The molecule has 0 spiro atoms. The van der Waals surface area contributed by atoms with Crippen LogP contribution in [0.1, 0.15) is 39.7 Å². The van der Waals surface area contributed by atoms with Crippen LogP contribution >= 0.6 is 11.3 Å². The van der Waals surface area contributed by atoms with Crippen molar-refractivity contribution in [1.29, 1.82) is 0 Å². The van der Waals surface area contributed by atoms with E-state index in [0.29, 0.717) is 16.5 Å². The van der Waals surface area contributed by atoms with Crippen LogP contribution in [0.5, 0.6) is 0 Å². The molecular weight excluding hydrogens is 308 g/mol. The molecule has 1 atom stereocenters. The number of benzene rings is 1. The summed E-state index contributed by atoms with van der Waals surface area (Å²) in [6.07, 6.45) is 3.16. The number of thiophene rings is 1. The van der Waals surface area contributed by atoms with Crippen molar-refractivity contribution in [2.24, 2.45) is 11.7 Å². The van der Waals surface area contributed by atoms with Gasteiger partial charge in [-0.15, -0.1) is 11.3 Å². The number of carbonyl (C=O) groups excluding carboxylic acids is 2. The molecule has 0 unspecified atom stereocenters. The molecule has 1 aliphatic carbocycles. The Kier molecular flexibility index (Phi) is 4.48. The van der Waals surface area contributed by atoms with Crippen LogP contribution in [0.2, 0.25) is 0 Å². The first-order valence-corrected chi connectivity index (χ1v) is 8.64. The Morgan fingerprint density at radius 2 is 2.04 bits per heavy atom. The first-order chi connectivity index (χ1) is 11.0. The Balaban J connectivity index is 1.82. The second-order valence-corrected chi connectivity index (χ2v) is 7.24. The third kappa shape index (κ3) is 3.45. The number of nitrogens with two attached hydrogens (primary N) is 1. The zero-order valence-electron chi connectivity index (χ0n) is 13.1. The van der Waals surface area contributed by atoms with Crippen molar-refractivity contribution in [2.75, 3.05) is 5.32 Å². The number of anilines is 1. The summed E-state index contributed by atoms with van der Waals surface area (Å²) in [4.78, 5) is 25.3. The van der Waals surface area contributed by atoms with Crippen LogP contribution in [-0.4, -0.2) is 11.8 Å². The minimum absolute atomic E-state index is 0.120. The van der Waals surface area contributed by atoms with Crippen molar-refractivity contribution in [3.63, 3.8) is 0 Å². The smallest absolute Gasteiger partial charge is 0.251 e. The molecule has 3 rings (SSSR count). The first kappa shape index (κ1) is 15.7. The Labute approximate surface area is 139 Å². The predicted octanol–water partition coefficient (Wildman–Crippen LogP) is 3.15. The van der Waals surface area contributed by atoms with E-state index in [1.807, 2.05) is 30.3 Å². The lowest BCUT2D eigenvalue weighted by Gasteiger charge is -2.18. The second-order valence-electron chi connectivity index (χ2n) is 6.13. The number of primary amides is 1. The van der Waals surface area contributed by atoms with Crippen molar-refractivity contribution in [1.82, 2.24) is 0 Å². The Morgan fingerprint density at radius 1 is 1.30 bits per heavy atom. The maximum atomic E-state index is 12.3. The topological polar surface area (TPSA) is 72.2 Å². The Morgan fingerprint density at radius 3 is 2.74 bits per heavy atom. The van der Waals surface area contributed by atoms with Crippen LogP contribution in [0, 0.1) is 5.92 Å². The van der Waals surface area contributed by atoms with Crippen molar-refractivity contribution in [2.45, 2.75) is 32.6 Å². The highest BCUT2D eigenvalue weighted by Crippen LogP contribution is 2.39. The molecule has 1 aromatic carbocycles. The number of hydrogen-bond acceptors (Lipinski definition) is 3. The highest BCUT2D eigenvalue weighted by molar-refractivity contribution is 7.17. The number of carbonyl (C=O) groups is 2. The standard InChI is InChI=1S/C18H20N2O2S/c1-11-7-8-13-14(9-11)23-18(16(13)17(19)22)20-15(21)10-12-5-3-2-4-6-12/h2-6,11H,7-10H2,1H3,(H2,19,22)(H,20,21)/t11-/m1/s1. The molecule has 3 N–H and O–H groups in total. The second kappa shape index (κ2) is 6.54. The summed E-state index contributed by atoms with van der Waals surface area (Å²) in [5.74, 6) is 0.0344. The first-order valence-electron chi connectivity index (χ1n) is 7.82. The Bertz CT molecular complexity index is 737. The molecule has 0 saturated carbocycles. The van der Waals surface area contributed by atoms with Gasteiger partial charge in [0, 0.05) is 4.88 Å². The molecule has 23 heavy (non-hydrogen) atoms. The number of hydrogen-bond donors (Lipinski definition) is 2. The van der Waals surface area contributed by atoms with E-state index in [9.17, 15) is 9.59 Å². The van der Waals surface area contributed by atoms with Crippen LogP contribution in [0.4, 0.5) is 5.00 Å². The predicted molar refractivity (Wildman–Crippen MR) is 92.8 cm³/mol. The van der Waals surface area contributed by atoms with Gasteiger partial charge >= 0.3 is 0 Å². The zero-order valence-corrected chi connectivity index (χ0v) is 13.9. The molecule has 0 bridgehead atoms. The fraction of sp³-hybridized carbons (Fsp3) is 0.333. The van der Waals surface area contributed by atoms with E-state index in [0.717, 1.165) is 30.4 Å². The molecule has 0 saturated heterocycles. The van der Waals surface area contributed by atoms with Crippen molar-refractivity contribution < 1.29 is 9.59 Å². The monoisotopic (exact) mass is 328 g/mol. The maximum Gasteiger partial charge on any atom is 0.251 e. The van der Waals surface area contributed by atoms with Gasteiger partial charge in [-0.05, 0) is 36.3 Å². The summed E-state index contributed by atoms with van der Waals surface area (Å²) in [7, 11) is 0. The minimum atomic E-state index is -0.452. The summed E-state index contributed by atoms with van der Waals surface area (Å²) < 4.78 is 0. The third-order valence-corrected chi connectivity index (χ3v) is 5.39. The van der Waals surface area contributed by atoms with Gasteiger partial charge in [-0.25, -0.2) is 0 Å². The highest BCUT2D eigenvalue weighted by Gasteiger charge is 2.27. The summed E-state index contributed by atoms with van der Waals surface area (Å²) in [5.41, 5.74) is 8.06. The van der Waals surface area contributed by atoms with Crippen LogP contribution in [0.15, 0.2) is 30.3 Å². The number of rotatable bonds is 4. The lowest BCUT2D eigenvalue weighted by Crippen LogP contribution is -2.20. The molecule has 120 valence electrons. The van der Waals surface area contributed by atoms with Gasteiger partial charge in [0.1, 0.15) is 5.00 Å². The molecule has 0 aliphatic heterocycles. The molecule has 4 nitrogen and oxygen atoms in total. The van der Waals surface area contributed by atoms with E-state index < -0.39 is 5.91 Å². The SMILES string of the molecule is C[C@@H]1CCc2c(sc(NC(=O)Cc3ccccc3)c2C(N)=O)C1. The van der Waals surface area contributed by atoms with E-state index >= 15 is 0 Å². The summed E-state index contributed by atoms with van der Waals surface area (Å²) in [6.45, 7) is 2.21. The number of fused-ring (bicyclic) bond motifs is 1. The van der Waals surface area contributed by atoms with Crippen LogP contribution in [-0.2, 0) is 24.1 Å². The largest absolute Gasteiger partial charge is 0.365 e. The van der Waals surface area contributed by atoms with Gasteiger partial charge < -0.3 is 11.1 Å². The average Bonchev–Trinajstić information content (AvgIpc) is 2.84. The van der Waals surface area contributed by atoms with Gasteiger partial charge in [0.25, 0.3) is 5.91 Å². The van der Waals surface area contributed by atoms with Gasteiger partial charge in [-0.2, -0.15) is 0 Å². The lowest BCUT2D eigenvalue weighted by molar-refractivity contribution is -0.115. The van der Waals surface area contributed by atoms with Crippen molar-refractivity contribution >= 4 is 28.2 Å². The summed E-state index contributed by atoms with van der Waals surface area (Å²) >= 11 is 1.50. The molecule has 1 heterocycles. The van der Waals surface area contributed by atoms with Crippen LogP contribution in [0.25, 0.3) is 0 Å². The molecule has 0 fully saturated rings. The third-order valence-electron chi connectivity index (χ3n) is 4.22. The molecule has 1 aliphatic rings. The lowest BCUT2D eigenvalue weighted by atomic mass is 9.88. The van der Waals surface area contributed by atoms with E-state index in [4.69, 9.17) is 5.73 Å². The molecule has 1 aromatic heterocycles. The maximum absolute atomic E-state index is 12.3. The summed E-state index contributed by atoms with van der Waals surface area (Å²) in [6, 6.07) is 9.55. The number of nitrogens with one attached hydrogen (secondary N) is 1. The number of amides is 2. The molecule has 0 radical (unpaired) electrons. The molecular formula is C18H20N2O2S. The highest BCUT2D eigenvalue weighted by atomic mass is 32.1. The average molecular weight is 328 g/mol. The molecule has 2 aromatic rings. The minimum Gasteiger partial charge on any atom is -0.365 e. The van der Waals surface area contributed by atoms with Crippen molar-refractivity contribution in [3.05, 3.63) is 51.9 Å². The van der Waals surface area contributed by atoms with E-state index in [1.165, 1.54) is 16.2 Å². The Hall–Kier alpha value is -2.14. The normalized spacial score (nSPS) is 16.7.